The van der Waals surface area contributed by atoms with Crippen molar-refractivity contribution in [2.75, 3.05) is 0 Å². The molecule has 2 aliphatic rings. The molecule has 17 heavy (non-hydrogen) atoms. The van der Waals surface area contributed by atoms with Crippen molar-refractivity contribution in [1.29, 1.82) is 0 Å². The minimum absolute atomic E-state index is 0. The van der Waals surface area contributed by atoms with Crippen LogP contribution in [0.4, 0.5) is 0 Å². The predicted octanol–water partition coefficient (Wildman–Crippen LogP) is 3.83. The molecule has 0 spiro atoms. The summed E-state index contributed by atoms with van der Waals surface area (Å²) in [5.74, 6) is 0. The molecule has 0 atom stereocenters. The van der Waals surface area contributed by atoms with Crippen molar-refractivity contribution in [3.63, 3.8) is 0 Å². The summed E-state index contributed by atoms with van der Waals surface area (Å²) in [5, 5.41) is 0. The average Bonchev–Trinajstić information content (AvgIpc) is 3.01. The Bertz CT molecular complexity index is 169. The van der Waals surface area contributed by atoms with Crippen molar-refractivity contribution in [1.82, 2.24) is 0 Å². The molecule has 0 aromatic rings. The first-order valence-electron chi connectivity index (χ1n) is 4.49. The zero-order chi connectivity index (χ0) is 11.1. The maximum absolute atomic E-state index is 3.25. The molecule has 2 aliphatic carbocycles. The Morgan fingerprint density at radius 3 is 1.29 bits per heavy atom. The SMILES string of the molecule is Cl.Cl.[C-]1=CC=CC1.[C-]1=CC=CC1.[CH2-]C.[CH3-].[SiH2]=[Zr]. The van der Waals surface area contributed by atoms with Crippen LogP contribution in [0.25, 0.3) is 0 Å². The summed E-state index contributed by atoms with van der Waals surface area (Å²) < 4.78 is 0. The molecule has 0 radical (unpaired) electrons. The maximum atomic E-state index is 3.25. The fourth-order valence-corrected chi connectivity index (χ4v) is 0.680. The number of hydrogen-bond donors (Lipinski definition) is 0. The van der Waals surface area contributed by atoms with Crippen LogP contribution >= 0.6 is 24.8 Å². The first-order valence-corrected chi connectivity index (χ1v) is 10.4. The number of halogens is 2. The van der Waals surface area contributed by atoms with Crippen LogP contribution in [-0.4, -0.2) is 6.88 Å². The minimum atomic E-state index is 0. The molecular weight excluding hydrogens is 346 g/mol. The Balaban J connectivity index is -0.0000000387. The topological polar surface area (TPSA) is 0 Å². The van der Waals surface area contributed by atoms with E-state index < -0.39 is 0 Å². The zero-order valence-electron chi connectivity index (χ0n) is 10.6. The van der Waals surface area contributed by atoms with E-state index in [2.05, 4.69) is 31.2 Å². The van der Waals surface area contributed by atoms with Crippen molar-refractivity contribution in [2.45, 2.75) is 19.8 Å². The van der Waals surface area contributed by atoms with E-state index in [9.17, 15) is 0 Å². The summed E-state index contributed by atoms with van der Waals surface area (Å²) in [5.41, 5.74) is 0. The first-order chi connectivity index (χ1) is 7.00. The van der Waals surface area contributed by atoms with Gasteiger partial charge in [-0.15, -0.1) is 37.7 Å². The third-order valence-electron chi connectivity index (χ3n) is 1.17. The first kappa shape index (κ1) is 30.6. The Labute approximate surface area is 137 Å². The van der Waals surface area contributed by atoms with Crippen molar-refractivity contribution in [2.24, 2.45) is 0 Å². The van der Waals surface area contributed by atoms with Crippen molar-refractivity contribution in [3.05, 3.63) is 63.0 Å². The number of rotatable bonds is 0. The molecule has 2 rings (SSSR count). The van der Waals surface area contributed by atoms with Gasteiger partial charge in [0.15, 0.2) is 0 Å². The Hall–Kier alpha value is 0.640. The van der Waals surface area contributed by atoms with Crippen molar-refractivity contribution >= 4 is 31.7 Å². The molecule has 0 saturated carbocycles. The standard InChI is InChI=1S/2C5H5.C2H5.CH3.2ClH.H2Si.Zr/c2*1-2-4-5-3-1;1-2;;;;;/h2*1-3H,4H2;1H2,2H3;1H3;2*1H;1H2;/q4*-1;;;;. The van der Waals surface area contributed by atoms with Gasteiger partial charge in [0.25, 0.3) is 0 Å². The molecule has 0 aromatic carbocycles. The van der Waals surface area contributed by atoms with Gasteiger partial charge in [-0.25, -0.2) is 24.3 Å². The second-order valence-electron chi connectivity index (χ2n) is 2.01. The average molecular weight is 369 g/mol. The van der Waals surface area contributed by atoms with E-state index in [0.717, 1.165) is 12.8 Å². The molecule has 0 saturated heterocycles. The van der Waals surface area contributed by atoms with Crippen LogP contribution < -0.4 is 0 Å². The molecule has 0 heterocycles. The Morgan fingerprint density at radius 2 is 1.24 bits per heavy atom. The molecular formula is C13H22Cl2SiZr-4. The summed E-state index contributed by atoms with van der Waals surface area (Å²) in [6.07, 6.45) is 20.0. The van der Waals surface area contributed by atoms with Gasteiger partial charge in [-0.1, -0.05) is 0 Å². The van der Waals surface area contributed by atoms with Gasteiger partial charge in [0, 0.05) is 0 Å². The van der Waals surface area contributed by atoms with Crippen LogP contribution in [0.5, 0.6) is 0 Å². The third kappa shape index (κ3) is 31.5. The van der Waals surface area contributed by atoms with E-state index in [1.807, 2.05) is 31.2 Å². The van der Waals surface area contributed by atoms with Crippen molar-refractivity contribution < 1.29 is 23.3 Å². The van der Waals surface area contributed by atoms with Crippen LogP contribution in [-0.2, 0) is 23.3 Å². The molecule has 0 fully saturated rings. The van der Waals surface area contributed by atoms with Crippen molar-refractivity contribution in [3.8, 4) is 0 Å². The Kier molecular flexibility index (Phi) is 64.7. The molecule has 0 N–H and O–H groups in total. The van der Waals surface area contributed by atoms with E-state index in [0.29, 0.717) is 0 Å². The van der Waals surface area contributed by atoms with Gasteiger partial charge in [0.05, 0.1) is 0 Å². The fraction of sp³-hybridized carbons (Fsp3) is 0.231. The monoisotopic (exact) mass is 366 g/mol. The van der Waals surface area contributed by atoms with Gasteiger partial charge >= 0.3 is 30.2 Å². The van der Waals surface area contributed by atoms with Gasteiger partial charge in [-0.05, 0) is 0 Å². The summed E-state index contributed by atoms with van der Waals surface area (Å²) >= 11 is 1.58. The molecule has 0 unspecified atom stereocenters. The summed E-state index contributed by atoms with van der Waals surface area (Å²) in [6, 6.07) is 0. The van der Waals surface area contributed by atoms with Gasteiger partial charge in [0.2, 0.25) is 0 Å². The summed E-state index contributed by atoms with van der Waals surface area (Å²) in [6.45, 7) is 6.95. The van der Waals surface area contributed by atoms with Crippen LogP contribution in [0, 0.1) is 26.5 Å². The van der Waals surface area contributed by atoms with Crippen LogP contribution in [0.3, 0.4) is 0 Å². The van der Waals surface area contributed by atoms with Crippen LogP contribution in [0.15, 0.2) is 36.5 Å². The van der Waals surface area contributed by atoms with Gasteiger partial charge < -0.3 is 14.4 Å². The van der Waals surface area contributed by atoms with Gasteiger partial charge in [-0.3, -0.25) is 12.2 Å². The predicted molar refractivity (Wildman–Crippen MR) is 83.6 cm³/mol. The van der Waals surface area contributed by atoms with E-state index >= 15 is 0 Å². The summed E-state index contributed by atoms with van der Waals surface area (Å²) in [4.78, 5) is 0. The van der Waals surface area contributed by atoms with E-state index in [-0.39, 0.29) is 32.2 Å². The summed E-state index contributed by atoms with van der Waals surface area (Å²) in [7, 11) is 0. The molecule has 0 aromatic heterocycles. The fourth-order valence-electron chi connectivity index (χ4n) is 0.680. The van der Waals surface area contributed by atoms with Gasteiger partial charge in [0.1, 0.15) is 0 Å². The molecule has 0 nitrogen and oxygen atoms in total. The molecule has 0 bridgehead atoms. The van der Waals surface area contributed by atoms with Crippen LogP contribution in [0.1, 0.15) is 19.8 Å². The number of allylic oxidation sites excluding steroid dienone is 8. The van der Waals surface area contributed by atoms with E-state index in [4.69, 9.17) is 0 Å². The second-order valence-corrected chi connectivity index (χ2v) is 2.01. The molecule has 0 amide bonds. The normalized spacial score (nSPS) is 10.9. The molecule has 0 aliphatic heterocycles. The van der Waals surface area contributed by atoms with Crippen LogP contribution in [0.2, 0.25) is 0 Å². The molecule has 4 heteroatoms. The zero-order valence-corrected chi connectivity index (χ0v) is 16.1. The number of hydrogen-bond acceptors (Lipinski definition) is 0. The Morgan fingerprint density at radius 1 is 0.941 bits per heavy atom. The molecule has 100 valence electrons. The van der Waals surface area contributed by atoms with E-state index in [1.54, 1.807) is 30.3 Å². The quantitative estimate of drug-likeness (QED) is 0.450. The third-order valence-corrected chi connectivity index (χ3v) is 1.17. The van der Waals surface area contributed by atoms with E-state index in [1.165, 1.54) is 0 Å². The van der Waals surface area contributed by atoms with Gasteiger partial charge in [-0.2, -0.15) is 19.1 Å². The second kappa shape index (κ2) is 36.0.